The Bertz CT molecular complexity index is 493. The van der Waals surface area contributed by atoms with Crippen molar-refractivity contribution in [1.82, 2.24) is 4.90 Å². The second-order valence-corrected chi connectivity index (χ2v) is 6.03. The molecule has 114 valence electrons. The van der Waals surface area contributed by atoms with E-state index in [1.165, 1.54) is 25.1 Å². The van der Waals surface area contributed by atoms with Gasteiger partial charge in [0.25, 0.3) is 0 Å². The molecule has 1 aromatic carbocycles. The normalized spacial score (nSPS) is 19.6. The van der Waals surface area contributed by atoms with Crippen LogP contribution in [0.2, 0.25) is 0 Å². The lowest BCUT2D eigenvalue weighted by Crippen LogP contribution is -2.47. The lowest BCUT2D eigenvalue weighted by atomic mass is 10.2. The Morgan fingerprint density at radius 2 is 2.00 bits per heavy atom. The van der Waals surface area contributed by atoms with Gasteiger partial charge in [0.2, 0.25) is 5.91 Å². The summed E-state index contributed by atoms with van der Waals surface area (Å²) in [5, 5.41) is 2.81. The smallest absolute Gasteiger partial charge is 0.238 e. The third-order valence-corrected chi connectivity index (χ3v) is 4.27. The minimum Gasteiger partial charge on any atom is -0.369 e. The lowest BCUT2D eigenvalue weighted by Gasteiger charge is -2.36. The molecular weight excluding hydrogens is 264 g/mol. The SMILES string of the molecule is NCC(=O)Nc1cccc(N2CCN(CC3CC3)CC2)c1. The van der Waals surface area contributed by atoms with E-state index in [0.29, 0.717) is 0 Å². The van der Waals surface area contributed by atoms with E-state index in [-0.39, 0.29) is 12.5 Å². The Morgan fingerprint density at radius 3 is 2.67 bits per heavy atom. The van der Waals surface area contributed by atoms with Crippen LogP contribution in [0.15, 0.2) is 24.3 Å². The number of amides is 1. The van der Waals surface area contributed by atoms with Gasteiger partial charge in [-0.05, 0) is 37.0 Å². The molecule has 1 amide bonds. The van der Waals surface area contributed by atoms with Crippen molar-refractivity contribution >= 4 is 17.3 Å². The van der Waals surface area contributed by atoms with E-state index >= 15 is 0 Å². The number of hydrogen-bond acceptors (Lipinski definition) is 4. The average molecular weight is 288 g/mol. The van der Waals surface area contributed by atoms with Gasteiger partial charge in [0.1, 0.15) is 0 Å². The molecule has 5 heteroatoms. The second kappa shape index (κ2) is 6.45. The molecular formula is C16H24N4O. The summed E-state index contributed by atoms with van der Waals surface area (Å²) in [4.78, 5) is 16.3. The van der Waals surface area contributed by atoms with Crippen molar-refractivity contribution in [2.24, 2.45) is 11.7 Å². The minimum absolute atomic E-state index is 0.0179. The van der Waals surface area contributed by atoms with Gasteiger partial charge in [-0.1, -0.05) is 6.07 Å². The van der Waals surface area contributed by atoms with Gasteiger partial charge >= 0.3 is 0 Å². The predicted octanol–water partition coefficient (Wildman–Crippen LogP) is 1.12. The van der Waals surface area contributed by atoms with Gasteiger partial charge in [-0.25, -0.2) is 0 Å². The van der Waals surface area contributed by atoms with Crippen molar-refractivity contribution in [1.29, 1.82) is 0 Å². The summed E-state index contributed by atoms with van der Waals surface area (Å²) >= 11 is 0. The monoisotopic (exact) mass is 288 g/mol. The maximum absolute atomic E-state index is 11.4. The molecule has 0 radical (unpaired) electrons. The van der Waals surface area contributed by atoms with Gasteiger partial charge < -0.3 is 16.0 Å². The highest BCUT2D eigenvalue weighted by Gasteiger charge is 2.26. The van der Waals surface area contributed by atoms with Gasteiger partial charge in [-0.2, -0.15) is 0 Å². The first kappa shape index (κ1) is 14.4. The highest BCUT2D eigenvalue weighted by atomic mass is 16.1. The quantitative estimate of drug-likeness (QED) is 0.852. The molecule has 0 unspecified atom stereocenters. The van der Waals surface area contributed by atoms with Crippen molar-refractivity contribution in [3.8, 4) is 0 Å². The van der Waals surface area contributed by atoms with Crippen LogP contribution in [0.1, 0.15) is 12.8 Å². The van der Waals surface area contributed by atoms with Crippen LogP contribution in [0.3, 0.4) is 0 Å². The highest BCUT2D eigenvalue weighted by molar-refractivity contribution is 5.92. The van der Waals surface area contributed by atoms with E-state index in [1.807, 2.05) is 18.2 Å². The molecule has 2 fully saturated rings. The van der Waals surface area contributed by atoms with E-state index < -0.39 is 0 Å². The molecule has 3 N–H and O–H groups in total. The maximum atomic E-state index is 11.4. The first-order valence-corrected chi connectivity index (χ1v) is 7.82. The Balaban J connectivity index is 1.56. The zero-order valence-electron chi connectivity index (χ0n) is 12.4. The summed E-state index contributed by atoms with van der Waals surface area (Å²) in [5.41, 5.74) is 7.33. The summed E-state index contributed by atoms with van der Waals surface area (Å²) in [6.45, 7) is 5.68. The molecule has 0 atom stereocenters. The Kier molecular flexibility index (Phi) is 4.41. The third-order valence-electron chi connectivity index (χ3n) is 4.27. The summed E-state index contributed by atoms with van der Waals surface area (Å²) < 4.78 is 0. The standard InChI is InChI=1S/C16H24N4O/c17-11-16(21)18-14-2-1-3-15(10-14)20-8-6-19(7-9-20)12-13-4-5-13/h1-3,10,13H,4-9,11-12,17H2,(H,18,21). The van der Waals surface area contributed by atoms with E-state index in [4.69, 9.17) is 5.73 Å². The fourth-order valence-electron chi connectivity index (χ4n) is 2.85. The first-order valence-electron chi connectivity index (χ1n) is 7.82. The Labute approximate surface area is 126 Å². The number of carbonyl (C=O) groups is 1. The molecule has 0 aromatic heterocycles. The summed E-state index contributed by atoms with van der Waals surface area (Å²) in [5.74, 6) is 0.813. The molecule has 1 saturated heterocycles. The number of piperazine rings is 1. The first-order chi connectivity index (χ1) is 10.2. The van der Waals surface area contributed by atoms with Crippen molar-refractivity contribution < 1.29 is 4.79 Å². The third kappa shape index (κ3) is 3.95. The van der Waals surface area contributed by atoms with Crippen molar-refractivity contribution in [3.63, 3.8) is 0 Å². The number of nitrogens with two attached hydrogens (primary N) is 1. The van der Waals surface area contributed by atoms with Crippen LogP contribution in [0, 0.1) is 5.92 Å². The molecule has 5 nitrogen and oxygen atoms in total. The van der Waals surface area contributed by atoms with E-state index in [9.17, 15) is 4.79 Å². The number of rotatable bonds is 5. The molecule has 1 heterocycles. The fourth-order valence-corrected chi connectivity index (χ4v) is 2.85. The van der Waals surface area contributed by atoms with E-state index in [0.717, 1.165) is 37.8 Å². The van der Waals surface area contributed by atoms with Crippen LogP contribution >= 0.6 is 0 Å². The van der Waals surface area contributed by atoms with Gasteiger partial charge in [0.15, 0.2) is 0 Å². The zero-order chi connectivity index (χ0) is 14.7. The molecule has 2 aliphatic rings. The molecule has 1 saturated carbocycles. The maximum Gasteiger partial charge on any atom is 0.238 e. The molecule has 0 spiro atoms. The number of hydrogen-bond donors (Lipinski definition) is 2. The number of benzene rings is 1. The topological polar surface area (TPSA) is 61.6 Å². The van der Waals surface area contributed by atoms with Gasteiger partial charge in [-0.15, -0.1) is 0 Å². The van der Waals surface area contributed by atoms with Crippen molar-refractivity contribution in [3.05, 3.63) is 24.3 Å². The van der Waals surface area contributed by atoms with Gasteiger partial charge in [0, 0.05) is 44.1 Å². The van der Waals surface area contributed by atoms with Crippen LogP contribution < -0.4 is 16.0 Å². The minimum atomic E-state index is -0.151. The number of nitrogens with one attached hydrogen (secondary N) is 1. The second-order valence-electron chi connectivity index (χ2n) is 6.03. The van der Waals surface area contributed by atoms with Crippen LogP contribution in [0.5, 0.6) is 0 Å². The molecule has 21 heavy (non-hydrogen) atoms. The molecule has 1 aromatic rings. The zero-order valence-corrected chi connectivity index (χ0v) is 12.4. The number of anilines is 2. The molecule has 0 bridgehead atoms. The fraction of sp³-hybridized carbons (Fsp3) is 0.562. The summed E-state index contributed by atoms with van der Waals surface area (Å²) in [6, 6.07) is 8.03. The van der Waals surface area contributed by atoms with Crippen LogP contribution in [0.25, 0.3) is 0 Å². The van der Waals surface area contributed by atoms with E-state index in [2.05, 4.69) is 21.2 Å². The van der Waals surface area contributed by atoms with Crippen molar-refractivity contribution in [2.75, 3.05) is 49.5 Å². The summed E-state index contributed by atoms with van der Waals surface area (Å²) in [7, 11) is 0. The van der Waals surface area contributed by atoms with E-state index in [1.54, 1.807) is 0 Å². The molecule has 1 aliphatic heterocycles. The molecule has 1 aliphatic carbocycles. The summed E-state index contributed by atoms with van der Waals surface area (Å²) in [6.07, 6.45) is 2.84. The van der Waals surface area contributed by atoms with Crippen LogP contribution in [0.4, 0.5) is 11.4 Å². The largest absolute Gasteiger partial charge is 0.369 e. The molecule has 3 rings (SSSR count). The predicted molar refractivity (Wildman–Crippen MR) is 85.5 cm³/mol. The lowest BCUT2D eigenvalue weighted by molar-refractivity contribution is -0.114. The van der Waals surface area contributed by atoms with Gasteiger partial charge in [-0.3, -0.25) is 9.69 Å². The van der Waals surface area contributed by atoms with Crippen LogP contribution in [-0.2, 0) is 4.79 Å². The van der Waals surface area contributed by atoms with Gasteiger partial charge in [0.05, 0.1) is 6.54 Å². The average Bonchev–Trinajstić information content (AvgIpc) is 3.32. The van der Waals surface area contributed by atoms with Crippen LogP contribution in [-0.4, -0.2) is 50.1 Å². The highest BCUT2D eigenvalue weighted by Crippen LogP contribution is 2.30. The number of carbonyl (C=O) groups excluding carboxylic acids is 1. The van der Waals surface area contributed by atoms with Crippen molar-refractivity contribution in [2.45, 2.75) is 12.8 Å². The Morgan fingerprint density at radius 1 is 1.24 bits per heavy atom. The number of nitrogens with zero attached hydrogens (tertiary/aromatic N) is 2. The Hall–Kier alpha value is -1.59.